The van der Waals surface area contributed by atoms with Gasteiger partial charge in [-0.1, -0.05) is 0 Å². The standard InChI is InChI=1S/C13H18F2N2O2/c1-12(2,16)11(18)19-7-13(3,17)8-4-9(14)6-10(15)5-8/h4-6H,7,16-17H2,1-3H3. The van der Waals surface area contributed by atoms with Gasteiger partial charge in [-0.05, 0) is 38.5 Å². The lowest BCUT2D eigenvalue weighted by Gasteiger charge is -2.27. The molecule has 1 unspecified atom stereocenters. The molecule has 0 saturated heterocycles. The molecule has 0 radical (unpaired) electrons. The molecule has 0 fully saturated rings. The summed E-state index contributed by atoms with van der Waals surface area (Å²) in [5, 5.41) is 0. The molecule has 1 atom stereocenters. The summed E-state index contributed by atoms with van der Waals surface area (Å²) in [6.45, 7) is 4.27. The fourth-order valence-electron chi connectivity index (χ4n) is 1.37. The second-order valence-electron chi connectivity index (χ2n) is 5.37. The highest BCUT2D eigenvalue weighted by atomic mass is 19.1. The lowest BCUT2D eigenvalue weighted by molar-refractivity contribution is -0.150. The van der Waals surface area contributed by atoms with Crippen molar-refractivity contribution in [2.75, 3.05) is 6.61 Å². The van der Waals surface area contributed by atoms with Crippen LogP contribution in [-0.4, -0.2) is 18.1 Å². The van der Waals surface area contributed by atoms with Crippen molar-refractivity contribution in [1.29, 1.82) is 0 Å². The van der Waals surface area contributed by atoms with Gasteiger partial charge >= 0.3 is 5.97 Å². The zero-order chi connectivity index (χ0) is 14.8. The molecule has 0 aliphatic rings. The molecule has 0 aliphatic carbocycles. The summed E-state index contributed by atoms with van der Waals surface area (Å²) in [5.74, 6) is -2.12. The van der Waals surface area contributed by atoms with Crippen LogP contribution in [0.5, 0.6) is 0 Å². The Labute approximate surface area is 110 Å². The van der Waals surface area contributed by atoms with Crippen LogP contribution in [0.1, 0.15) is 26.3 Å². The summed E-state index contributed by atoms with van der Waals surface area (Å²) < 4.78 is 31.2. The topological polar surface area (TPSA) is 78.3 Å². The Morgan fingerprint density at radius 2 is 1.63 bits per heavy atom. The van der Waals surface area contributed by atoms with Gasteiger partial charge in [-0.2, -0.15) is 0 Å². The molecule has 0 heterocycles. The first-order valence-electron chi connectivity index (χ1n) is 5.74. The number of nitrogens with two attached hydrogens (primary N) is 2. The first-order chi connectivity index (χ1) is 8.52. The minimum absolute atomic E-state index is 0.202. The summed E-state index contributed by atoms with van der Waals surface area (Å²) in [7, 11) is 0. The Kier molecular flexibility index (Phi) is 4.27. The summed E-state index contributed by atoms with van der Waals surface area (Å²) in [6.07, 6.45) is 0. The Morgan fingerprint density at radius 1 is 1.16 bits per heavy atom. The van der Waals surface area contributed by atoms with E-state index in [0.717, 1.165) is 18.2 Å². The van der Waals surface area contributed by atoms with E-state index in [1.54, 1.807) is 0 Å². The number of benzene rings is 1. The molecular formula is C13H18F2N2O2. The highest BCUT2D eigenvalue weighted by molar-refractivity contribution is 5.79. The van der Waals surface area contributed by atoms with Crippen molar-refractivity contribution in [3.05, 3.63) is 35.4 Å². The van der Waals surface area contributed by atoms with E-state index in [9.17, 15) is 13.6 Å². The molecule has 0 saturated carbocycles. The zero-order valence-corrected chi connectivity index (χ0v) is 11.2. The van der Waals surface area contributed by atoms with Gasteiger partial charge in [0.1, 0.15) is 23.8 Å². The van der Waals surface area contributed by atoms with Crippen LogP contribution in [0.15, 0.2) is 18.2 Å². The van der Waals surface area contributed by atoms with Crippen LogP contribution in [0.2, 0.25) is 0 Å². The maximum atomic E-state index is 13.1. The second kappa shape index (κ2) is 5.22. The normalized spacial score (nSPS) is 14.9. The van der Waals surface area contributed by atoms with Crippen LogP contribution in [0.3, 0.4) is 0 Å². The van der Waals surface area contributed by atoms with Crippen LogP contribution in [0.4, 0.5) is 8.78 Å². The predicted molar refractivity (Wildman–Crippen MR) is 67.1 cm³/mol. The van der Waals surface area contributed by atoms with Gasteiger partial charge in [-0.3, -0.25) is 4.79 Å². The average Bonchev–Trinajstić information content (AvgIpc) is 2.23. The number of carbonyl (C=O) groups excluding carboxylic acids is 1. The molecular weight excluding hydrogens is 254 g/mol. The molecule has 0 amide bonds. The van der Waals surface area contributed by atoms with Gasteiger partial charge in [-0.15, -0.1) is 0 Å². The monoisotopic (exact) mass is 272 g/mol. The van der Waals surface area contributed by atoms with Gasteiger partial charge < -0.3 is 16.2 Å². The first kappa shape index (κ1) is 15.5. The second-order valence-corrected chi connectivity index (χ2v) is 5.37. The van der Waals surface area contributed by atoms with Crippen LogP contribution in [0.25, 0.3) is 0 Å². The van der Waals surface area contributed by atoms with E-state index >= 15 is 0 Å². The maximum absolute atomic E-state index is 13.1. The predicted octanol–water partition coefficient (Wildman–Crippen LogP) is 1.42. The van der Waals surface area contributed by atoms with Crippen molar-refractivity contribution in [2.45, 2.75) is 31.8 Å². The van der Waals surface area contributed by atoms with Crippen molar-refractivity contribution in [3.63, 3.8) is 0 Å². The van der Waals surface area contributed by atoms with E-state index in [1.165, 1.54) is 20.8 Å². The largest absolute Gasteiger partial charge is 0.462 e. The quantitative estimate of drug-likeness (QED) is 0.812. The molecule has 0 aromatic heterocycles. The molecule has 106 valence electrons. The zero-order valence-electron chi connectivity index (χ0n) is 11.2. The molecule has 0 spiro atoms. The third-order valence-corrected chi connectivity index (χ3v) is 2.55. The highest BCUT2D eigenvalue weighted by Gasteiger charge is 2.29. The first-order valence-corrected chi connectivity index (χ1v) is 5.74. The Bertz CT molecular complexity index is 462. The minimum atomic E-state index is -1.20. The van der Waals surface area contributed by atoms with Gasteiger partial charge in [0.25, 0.3) is 0 Å². The number of hydrogen-bond acceptors (Lipinski definition) is 4. The fraction of sp³-hybridized carbons (Fsp3) is 0.462. The van der Waals surface area contributed by atoms with E-state index in [2.05, 4.69) is 0 Å². The van der Waals surface area contributed by atoms with E-state index in [-0.39, 0.29) is 12.2 Å². The molecule has 1 aromatic rings. The Hall–Kier alpha value is -1.53. The van der Waals surface area contributed by atoms with Crippen molar-refractivity contribution < 1.29 is 18.3 Å². The molecule has 1 aromatic carbocycles. The third kappa shape index (κ3) is 4.25. The van der Waals surface area contributed by atoms with Gasteiger partial charge in [-0.25, -0.2) is 8.78 Å². The van der Waals surface area contributed by atoms with E-state index in [0.29, 0.717) is 0 Å². The van der Waals surface area contributed by atoms with Gasteiger partial charge in [0.05, 0.1) is 5.54 Å². The van der Waals surface area contributed by atoms with Crippen LogP contribution >= 0.6 is 0 Å². The number of halogens is 2. The van der Waals surface area contributed by atoms with Crippen molar-refractivity contribution >= 4 is 5.97 Å². The Balaban J connectivity index is 2.84. The van der Waals surface area contributed by atoms with E-state index in [1.807, 2.05) is 0 Å². The summed E-state index contributed by atoms with van der Waals surface area (Å²) in [6, 6.07) is 2.95. The number of rotatable bonds is 4. The number of esters is 1. The molecule has 1 rings (SSSR count). The molecule has 4 nitrogen and oxygen atoms in total. The van der Waals surface area contributed by atoms with Gasteiger partial charge in [0.15, 0.2) is 0 Å². The molecule has 0 bridgehead atoms. The summed E-state index contributed by atoms with van der Waals surface area (Å²) in [4.78, 5) is 11.5. The average molecular weight is 272 g/mol. The molecule has 6 heteroatoms. The number of hydrogen-bond donors (Lipinski definition) is 2. The highest BCUT2D eigenvalue weighted by Crippen LogP contribution is 2.21. The van der Waals surface area contributed by atoms with Crippen molar-refractivity contribution in [1.82, 2.24) is 0 Å². The molecule has 0 aliphatic heterocycles. The lowest BCUT2D eigenvalue weighted by atomic mass is 9.94. The molecule has 19 heavy (non-hydrogen) atoms. The maximum Gasteiger partial charge on any atom is 0.325 e. The number of carbonyl (C=O) groups is 1. The SMILES string of the molecule is CC(C)(N)C(=O)OCC(C)(N)c1cc(F)cc(F)c1. The Morgan fingerprint density at radius 3 is 2.05 bits per heavy atom. The summed E-state index contributed by atoms with van der Waals surface area (Å²) in [5.41, 5.74) is 9.32. The van der Waals surface area contributed by atoms with Crippen molar-refractivity contribution in [2.24, 2.45) is 11.5 Å². The van der Waals surface area contributed by atoms with Gasteiger partial charge in [0.2, 0.25) is 0 Å². The minimum Gasteiger partial charge on any atom is -0.462 e. The van der Waals surface area contributed by atoms with Crippen LogP contribution in [-0.2, 0) is 15.1 Å². The van der Waals surface area contributed by atoms with E-state index < -0.39 is 28.7 Å². The van der Waals surface area contributed by atoms with Crippen LogP contribution in [0, 0.1) is 11.6 Å². The third-order valence-electron chi connectivity index (χ3n) is 2.55. The van der Waals surface area contributed by atoms with Gasteiger partial charge in [0, 0.05) is 6.07 Å². The smallest absolute Gasteiger partial charge is 0.325 e. The van der Waals surface area contributed by atoms with Crippen LogP contribution < -0.4 is 11.5 Å². The lowest BCUT2D eigenvalue weighted by Crippen LogP contribution is -2.46. The van der Waals surface area contributed by atoms with E-state index in [4.69, 9.17) is 16.2 Å². The fourth-order valence-corrected chi connectivity index (χ4v) is 1.37. The summed E-state index contributed by atoms with van der Waals surface area (Å²) >= 11 is 0. The number of ether oxygens (including phenoxy) is 1. The van der Waals surface area contributed by atoms with Crippen molar-refractivity contribution in [3.8, 4) is 0 Å². The molecule has 4 N–H and O–H groups in total.